The van der Waals surface area contributed by atoms with Crippen LogP contribution in [-0.4, -0.2) is 31.5 Å². The Labute approximate surface area is 126 Å². The van der Waals surface area contributed by atoms with Crippen molar-refractivity contribution in [1.29, 1.82) is 0 Å². The van der Waals surface area contributed by atoms with Crippen molar-refractivity contribution in [2.75, 3.05) is 19.7 Å². The third kappa shape index (κ3) is 7.34. The summed E-state index contributed by atoms with van der Waals surface area (Å²) < 4.78 is 5.40. The van der Waals surface area contributed by atoms with Gasteiger partial charge in [0.25, 0.3) is 5.91 Å². The second kappa shape index (κ2) is 9.80. The van der Waals surface area contributed by atoms with Gasteiger partial charge in [-0.25, -0.2) is 0 Å². The predicted octanol–water partition coefficient (Wildman–Crippen LogP) is 1.66. The van der Waals surface area contributed by atoms with Crippen LogP contribution in [0.3, 0.4) is 0 Å². The van der Waals surface area contributed by atoms with E-state index in [-0.39, 0.29) is 18.4 Å². The van der Waals surface area contributed by atoms with Gasteiger partial charge in [-0.2, -0.15) is 0 Å². The molecule has 5 heteroatoms. The molecule has 0 saturated heterocycles. The lowest BCUT2D eigenvalue weighted by Crippen LogP contribution is -2.36. The molecule has 0 atom stereocenters. The summed E-state index contributed by atoms with van der Waals surface area (Å²) in [6.45, 7) is 4.74. The molecule has 0 radical (unpaired) electrons. The van der Waals surface area contributed by atoms with Gasteiger partial charge in [0, 0.05) is 19.5 Å². The summed E-state index contributed by atoms with van der Waals surface area (Å²) in [7, 11) is 0. The largest absolute Gasteiger partial charge is 0.484 e. The average molecular weight is 292 g/mol. The van der Waals surface area contributed by atoms with Crippen molar-refractivity contribution < 1.29 is 14.3 Å². The molecule has 1 aromatic rings. The number of hydrogen-bond donors (Lipinski definition) is 2. The first kappa shape index (κ1) is 17.0. The van der Waals surface area contributed by atoms with Gasteiger partial charge in [0.2, 0.25) is 5.91 Å². The Morgan fingerprint density at radius 2 is 1.62 bits per heavy atom. The van der Waals surface area contributed by atoms with E-state index in [1.54, 1.807) is 6.92 Å². The molecule has 5 nitrogen and oxygen atoms in total. The lowest BCUT2D eigenvalue weighted by molar-refractivity contribution is -0.124. The van der Waals surface area contributed by atoms with Gasteiger partial charge in [0.05, 0.1) is 0 Å². The van der Waals surface area contributed by atoms with Crippen molar-refractivity contribution in [3.8, 4) is 5.75 Å². The fourth-order valence-electron chi connectivity index (χ4n) is 1.77. The van der Waals surface area contributed by atoms with Gasteiger partial charge in [0.15, 0.2) is 6.61 Å². The second-order valence-electron chi connectivity index (χ2n) is 4.74. The molecule has 2 N–H and O–H groups in total. The minimum atomic E-state index is -0.196. The van der Waals surface area contributed by atoms with Crippen LogP contribution in [0, 0.1) is 0 Å². The van der Waals surface area contributed by atoms with E-state index in [9.17, 15) is 9.59 Å². The van der Waals surface area contributed by atoms with E-state index in [1.807, 2.05) is 24.3 Å². The fraction of sp³-hybridized carbons (Fsp3) is 0.500. The average Bonchev–Trinajstić information content (AvgIpc) is 2.51. The van der Waals surface area contributed by atoms with E-state index < -0.39 is 0 Å². The van der Waals surface area contributed by atoms with Crippen LogP contribution in [0.1, 0.15) is 32.3 Å². The monoisotopic (exact) mass is 292 g/mol. The summed E-state index contributed by atoms with van der Waals surface area (Å²) in [6, 6.07) is 7.77. The van der Waals surface area contributed by atoms with Gasteiger partial charge in [-0.05, 0) is 24.1 Å². The summed E-state index contributed by atoms with van der Waals surface area (Å²) >= 11 is 0. The highest BCUT2D eigenvalue weighted by atomic mass is 16.5. The number of aryl methyl sites for hydroxylation is 1. The number of amides is 2. The van der Waals surface area contributed by atoms with Gasteiger partial charge in [-0.3, -0.25) is 9.59 Å². The summed E-state index contributed by atoms with van der Waals surface area (Å²) in [5, 5.41) is 5.37. The van der Waals surface area contributed by atoms with Crippen LogP contribution in [0.5, 0.6) is 5.75 Å². The Balaban J connectivity index is 2.19. The lowest BCUT2D eigenvalue weighted by Gasteiger charge is -2.08. The molecule has 0 aliphatic carbocycles. The number of rotatable bonds is 9. The highest BCUT2D eigenvalue weighted by Crippen LogP contribution is 2.13. The van der Waals surface area contributed by atoms with Crippen molar-refractivity contribution in [3.05, 3.63) is 29.8 Å². The number of carbonyl (C=O) groups is 2. The Kier molecular flexibility index (Phi) is 7.94. The van der Waals surface area contributed by atoms with Crippen LogP contribution in [0.4, 0.5) is 0 Å². The van der Waals surface area contributed by atoms with E-state index in [2.05, 4.69) is 17.6 Å². The summed E-state index contributed by atoms with van der Waals surface area (Å²) in [5.74, 6) is 0.468. The standard InChI is InChI=1S/C16H24N2O3/c1-3-5-13-6-8-14(9-7-13)21-12-16(20)18-11-10-17-15(19)4-2/h6-9H,3-5,10-12H2,1-2H3,(H,17,19)(H,18,20). The van der Waals surface area contributed by atoms with Crippen molar-refractivity contribution in [1.82, 2.24) is 10.6 Å². The molecule has 0 aromatic heterocycles. The maximum Gasteiger partial charge on any atom is 0.258 e. The molecular formula is C16H24N2O3. The third-order valence-electron chi connectivity index (χ3n) is 2.92. The summed E-state index contributed by atoms with van der Waals surface area (Å²) in [6.07, 6.45) is 2.60. The minimum absolute atomic E-state index is 0.0190. The summed E-state index contributed by atoms with van der Waals surface area (Å²) in [4.78, 5) is 22.5. The number of carbonyl (C=O) groups excluding carboxylic acids is 2. The van der Waals surface area contributed by atoms with Crippen LogP contribution < -0.4 is 15.4 Å². The van der Waals surface area contributed by atoms with Gasteiger partial charge in [0.1, 0.15) is 5.75 Å². The topological polar surface area (TPSA) is 67.4 Å². The fourth-order valence-corrected chi connectivity index (χ4v) is 1.77. The first-order valence-corrected chi connectivity index (χ1v) is 7.40. The van der Waals surface area contributed by atoms with E-state index in [0.29, 0.717) is 25.3 Å². The predicted molar refractivity (Wildman–Crippen MR) is 82.2 cm³/mol. The van der Waals surface area contributed by atoms with Gasteiger partial charge >= 0.3 is 0 Å². The van der Waals surface area contributed by atoms with Crippen molar-refractivity contribution in [2.24, 2.45) is 0 Å². The molecule has 21 heavy (non-hydrogen) atoms. The Bertz CT molecular complexity index is 443. The zero-order valence-corrected chi connectivity index (χ0v) is 12.8. The van der Waals surface area contributed by atoms with Crippen molar-refractivity contribution in [3.63, 3.8) is 0 Å². The number of nitrogens with one attached hydrogen (secondary N) is 2. The number of ether oxygens (including phenoxy) is 1. The molecule has 2 amide bonds. The normalized spacial score (nSPS) is 10.0. The Morgan fingerprint density at radius 1 is 1.00 bits per heavy atom. The molecule has 0 fully saturated rings. The van der Waals surface area contributed by atoms with E-state index >= 15 is 0 Å². The smallest absolute Gasteiger partial charge is 0.258 e. The van der Waals surface area contributed by atoms with Crippen LogP contribution in [-0.2, 0) is 16.0 Å². The van der Waals surface area contributed by atoms with Crippen molar-refractivity contribution >= 4 is 11.8 Å². The molecule has 1 rings (SSSR count). The van der Waals surface area contributed by atoms with Gasteiger partial charge in [-0.15, -0.1) is 0 Å². The maximum atomic E-state index is 11.6. The molecule has 0 unspecified atom stereocenters. The zero-order chi connectivity index (χ0) is 15.5. The van der Waals surface area contributed by atoms with Crippen LogP contribution in [0.2, 0.25) is 0 Å². The molecule has 0 aliphatic heterocycles. The minimum Gasteiger partial charge on any atom is -0.484 e. The van der Waals surface area contributed by atoms with Crippen molar-refractivity contribution in [2.45, 2.75) is 33.1 Å². The molecular weight excluding hydrogens is 268 g/mol. The van der Waals surface area contributed by atoms with E-state index in [0.717, 1.165) is 12.8 Å². The van der Waals surface area contributed by atoms with E-state index in [4.69, 9.17) is 4.74 Å². The molecule has 0 aliphatic rings. The molecule has 0 spiro atoms. The zero-order valence-electron chi connectivity index (χ0n) is 12.8. The Hall–Kier alpha value is -2.04. The highest BCUT2D eigenvalue weighted by Gasteiger charge is 2.03. The van der Waals surface area contributed by atoms with E-state index in [1.165, 1.54) is 5.56 Å². The third-order valence-corrected chi connectivity index (χ3v) is 2.92. The molecule has 116 valence electrons. The molecule has 1 aromatic carbocycles. The van der Waals surface area contributed by atoms with Crippen LogP contribution in [0.25, 0.3) is 0 Å². The summed E-state index contributed by atoms with van der Waals surface area (Å²) in [5.41, 5.74) is 1.26. The SMILES string of the molecule is CCCc1ccc(OCC(=O)NCCNC(=O)CC)cc1. The van der Waals surface area contributed by atoms with Gasteiger partial charge in [-0.1, -0.05) is 32.4 Å². The van der Waals surface area contributed by atoms with Crippen LogP contribution in [0.15, 0.2) is 24.3 Å². The lowest BCUT2D eigenvalue weighted by atomic mass is 10.1. The number of benzene rings is 1. The Morgan fingerprint density at radius 3 is 2.19 bits per heavy atom. The molecule has 0 heterocycles. The number of hydrogen-bond acceptors (Lipinski definition) is 3. The maximum absolute atomic E-state index is 11.6. The highest BCUT2D eigenvalue weighted by molar-refractivity contribution is 5.78. The first-order chi connectivity index (χ1) is 10.2. The molecule has 0 bridgehead atoms. The van der Waals surface area contributed by atoms with Crippen LogP contribution >= 0.6 is 0 Å². The van der Waals surface area contributed by atoms with Gasteiger partial charge < -0.3 is 15.4 Å². The quantitative estimate of drug-likeness (QED) is 0.680. The first-order valence-electron chi connectivity index (χ1n) is 7.40. The second-order valence-corrected chi connectivity index (χ2v) is 4.74. The molecule has 0 saturated carbocycles.